The molecule has 1 aromatic carbocycles. The highest BCUT2D eigenvalue weighted by molar-refractivity contribution is 5.78. The molecule has 0 aromatic heterocycles. The van der Waals surface area contributed by atoms with Gasteiger partial charge in [-0.1, -0.05) is 13.8 Å². The summed E-state index contributed by atoms with van der Waals surface area (Å²) in [6, 6.07) is 6.67. The van der Waals surface area contributed by atoms with E-state index in [1.807, 2.05) is 12.1 Å². The normalized spacial score (nSPS) is 16.1. The summed E-state index contributed by atoms with van der Waals surface area (Å²) in [5.41, 5.74) is 7.19. The highest BCUT2D eigenvalue weighted by Crippen LogP contribution is 2.16. The van der Waals surface area contributed by atoms with Crippen LogP contribution in [0.2, 0.25) is 0 Å². The monoisotopic (exact) mass is 335 g/mol. The number of halogens is 1. The van der Waals surface area contributed by atoms with E-state index in [4.69, 9.17) is 5.73 Å². The fourth-order valence-corrected chi connectivity index (χ4v) is 2.97. The molecule has 0 aliphatic carbocycles. The highest BCUT2D eigenvalue weighted by atomic mass is 19.1. The van der Waals surface area contributed by atoms with Crippen molar-refractivity contribution in [1.82, 2.24) is 9.80 Å². The molecular weight excluding hydrogens is 305 g/mol. The maximum atomic E-state index is 13.0. The third-order valence-electron chi connectivity index (χ3n) is 4.60. The quantitative estimate of drug-likeness (QED) is 0.470. The summed E-state index contributed by atoms with van der Waals surface area (Å²) in [6.45, 7) is 11.8. The lowest BCUT2D eigenvalue weighted by atomic mass is 10.2. The molecule has 0 spiro atoms. The fraction of sp³-hybridized carbons (Fsp3) is 0.611. The van der Waals surface area contributed by atoms with Crippen LogP contribution >= 0.6 is 0 Å². The Morgan fingerprint density at radius 2 is 1.75 bits per heavy atom. The summed E-state index contributed by atoms with van der Waals surface area (Å²) >= 11 is 0. The van der Waals surface area contributed by atoms with Crippen molar-refractivity contribution in [2.24, 2.45) is 10.7 Å². The Labute approximate surface area is 144 Å². The number of anilines is 1. The van der Waals surface area contributed by atoms with E-state index in [-0.39, 0.29) is 5.82 Å². The number of benzene rings is 1. The molecule has 0 radical (unpaired) electrons. The minimum atomic E-state index is -0.196. The minimum Gasteiger partial charge on any atom is -0.370 e. The zero-order valence-electron chi connectivity index (χ0n) is 14.9. The van der Waals surface area contributed by atoms with E-state index >= 15 is 0 Å². The first-order valence-electron chi connectivity index (χ1n) is 8.91. The molecule has 134 valence electrons. The van der Waals surface area contributed by atoms with Gasteiger partial charge in [-0.3, -0.25) is 4.99 Å². The number of hydrogen-bond donors (Lipinski definition) is 1. The summed E-state index contributed by atoms with van der Waals surface area (Å²) in [7, 11) is 0. The second-order valence-corrected chi connectivity index (χ2v) is 6.07. The smallest absolute Gasteiger partial charge is 0.191 e. The van der Waals surface area contributed by atoms with Crippen LogP contribution in [0.25, 0.3) is 0 Å². The number of guanidine groups is 1. The van der Waals surface area contributed by atoms with Gasteiger partial charge in [0.05, 0.1) is 0 Å². The Morgan fingerprint density at radius 3 is 2.33 bits per heavy atom. The van der Waals surface area contributed by atoms with Crippen molar-refractivity contribution < 1.29 is 4.39 Å². The van der Waals surface area contributed by atoms with Gasteiger partial charge in [0, 0.05) is 38.4 Å². The molecule has 1 aliphatic heterocycles. The van der Waals surface area contributed by atoms with Gasteiger partial charge in [-0.25, -0.2) is 4.39 Å². The van der Waals surface area contributed by atoms with Crippen LogP contribution in [0.15, 0.2) is 29.3 Å². The van der Waals surface area contributed by atoms with Gasteiger partial charge in [0.15, 0.2) is 5.96 Å². The SMILES string of the molecule is CCN(CC)CCCN=C(N)N1CCN(c2ccc(F)cc2)CC1. The number of piperazine rings is 1. The zero-order valence-corrected chi connectivity index (χ0v) is 14.9. The Bertz CT molecular complexity index is 505. The number of nitrogens with zero attached hydrogens (tertiary/aromatic N) is 4. The Kier molecular flexibility index (Phi) is 7.31. The van der Waals surface area contributed by atoms with E-state index in [1.54, 1.807) is 0 Å². The number of aliphatic imine (C=N–C) groups is 1. The first-order chi connectivity index (χ1) is 11.6. The predicted octanol–water partition coefficient (Wildman–Crippen LogP) is 1.99. The van der Waals surface area contributed by atoms with E-state index in [0.717, 1.165) is 64.5 Å². The van der Waals surface area contributed by atoms with Crippen LogP contribution in [0.4, 0.5) is 10.1 Å². The topological polar surface area (TPSA) is 48.1 Å². The molecule has 6 heteroatoms. The van der Waals surface area contributed by atoms with Crippen LogP contribution in [0.1, 0.15) is 20.3 Å². The molecule has 0 unspecified atom stereocenters. The first-order valence-corrected chi connectivity index (χ1v) is 8.91. The largest absolute Gasteiger partial charge is 0.370 e. The highest BCUT2D eigenvalue weighted by Gasteiger charge is 2.18. The number of rotatable bonds is 7. The molecule has 5 nitrogen and oxygen atoms in total. The van der Waals surface area contributed by atoms with Gasteiger partial charge < -0.3 is 20.4 Å². The third-order valence-corrected chi connectivity index (χ3v) is 4.60. The molecule has 0 atom stereocenters. The molecule has 1 aliphatic rings. The van der Waals surface area contributed by atoms with Crippen LogP contribution in [-0.2, 0) is 0 Å². The van der Waals surface area contributed by atoms with Gasteiger partial charge in [-0.2, -0.15) is 0 Å². The Balaban J connectivity index is 1.74. The summed E-state index contributed by atoms with van der Waals surface area (Å²) < 4.78 is 13.0. The molecule has 1 saturated heterocycles. The predicted molar refractivity (Wildman–Crippen MR) is 99.1 cm³/mol. The van der Waals surface area contributed by atoms with Crippen molar-refractivity contribution in [1.29, 1.82) is 0 Å². The average Bonchev–Trinajstić information content (AvgIpc) is 2.62. The van der Waals surface area contributed by atoms with Crippen LogP contribution in [0.5, 0.6) is 0 Å². The summed E-state index contributed by atoms with van der Waals surface area (Å²) in [5.74, 6) is 0.451. The van der Waals surface area contributed by atoms with E-state index < -0.39 is 0 Å². The van der Waals surface area contributed by atoms with Gasteiger partial charge in [-0.15, -0.1) is 0 Å². The summed E-state index contributed by atoms with van der Waals surface area (Å²) in [4.78, 5) is 11.3. The molecule has 0 bridgehead atoms. The maximum absolute atomic E-state index is 13.0. The Morgan fingerprint density at radius 1 is 1.12 bits per heavy atom. The lowest BCUT2D eigenvalue weighted by molar-refractivity contribution is 0.301. The van der Waals surface area contributed by atoms with Gasteiger partial charge in [0.2, 0.25) is 0 Å². The average molecular weight is 335 g/mol. The molecule has 1 heterocycles. The lowest BCUT2D eigenvalue weighted by Crippen LogP contribution is -2.51. The van der Waals surface area contributed by atoms with Crippen molar-refractivity contribution in [2.45, 2.75) is 20.3 Å². The third kappa shape index (κ3) is 5.37. The van der Waals surface area contributed by atoms with Crippen molar-refractivity contribution in [3.8, 4) is 0 Å². The van der Waals surface area contributed by atoms with Gasteiger partial charge >= 0.3 is 0 Å². The Hall–Kier alpha value is -1.82. The van der Waals surface area contributed by atoms with Crippen molar-refractivity contribution >= 4 is 11.6 Å². The summed E-state index contributed by atoms with van der Waals surface area (Å²) in [5, 5.41) is 0. The molecule has 2 N–H and O–H groups in total. The van der Waals surface area contributed by atoms with Gasteiger partial charge in [0.25, 0.3) is 0 Å². The van der Waals surface area contributed by atoms with Gasteiger partial charge in [0.1, 0.15) is 5.82 Å². The molecular formula is C18H30FN5. The molecule has 1 fully saturated rings. The van der Waals surface area contributed by atoms with E-state index in [0.29, 0.717) is 5.96 Å². The van der Waals surface area contributed by atoms with E-state index in [1.165, 1.54) is 12.1 Å². The second kappa shape index (κ2) is 9.47. The molecule has 0 amide bonds. The van der Waals surface area contributed by atoms with Crippen LogP contribution in [0, 0.1) is 5.82 Å². The lowest BCUT2D eigenvalue weighted by Gasteiger charge is -2.36. The summed E-state index contributed by atoms with van der Waals surface area (Å²) in [6.07, 6.45) is 1.04. The first kappa shape index (κ1) is 18.5. The zero-order chi connectivity index (χ0) is 17.4. The standard InChI is InChI=1S/C18H30FN5/c1-3-22(4-2)11-5-10-21-18(20)24-14-12-23(13-15-24)17-8-6-16(19)7-9-17/h6-9H,3-5,10-15H2,1-2H3,(H2,20,21). The van der Waals surface area contributed by atoms with E-state index in [9.17, 15) is 4.39 Å². The van der Waals surface area contributed by atoms with Crippen molar-refractivity contribution in [3.63, 3.8) is 0 Å². The second-order valence-electron chi connectivity index (χ2n) is 6.07. The maximum Gasteiger partial charge on any atom is 0.191 e. The van der Waals surface area contributed by atoms with Crippen LogP contribution in [-0.4, -0.2) is 68.1 Å². The number of nitrogens with two attached hydrogens (primary N) is 1. The van der Waals surface area contributed by atoms with Crippen molar-refractivity contribution in [2.75, 3.05) is 57.3 Å². The molecule has 1 aromatic rings. The molecule has 2 rings (SSSR count). The van der Waals surface area contributed by atoms with Crippen LogP contribution < -0.4 is 10.6 Å². The van der Waals surface area contributed by atoms with Gasteiger partial charge in [-0.05, 0) is 50.3 Å². The van der Waals surface area contributed by atoms with E-state index in [2.05, 4.69) is 33.5 Å². The van der Waals surface area contributed by atoms with Crippen LogP contribution in [0.3, 0.4) is 0 Å². The van der Waals surface area contributed by atoms with Crippen molar-refractivity contribution in [3.05, 3.63) is 30.1 Å². The molecule has 24 heavy (non-hydrogen) atoms. The molecule has 0 saturated carbocycles. The fourth-order valence-electron chi connectivity index (χ4n) is 2.97. The number of hydrogen-bond acceptors (Lipinski definition) is 3. The minimum absolute atomic E-state index is 0.196.